The van der Waals surface area contributed by atoms with E-state index in [2.05, 4.69) is 4.74 Å². The van der Waals surface area contributed by atoms with E-state index in [1.54, 1.807) is 11.0 Å². The first kappa shape index (κ1) is 14.6. The predicted octanol–water partition coefficient (Wildman–Crippen LogP) is 1.50. The molecule has 1 atom stereocenters. The van der Waals surface area contributed by atoms with E-state index in [1.807, 2.05) is 19.1 Å². The van der Waals surface area contributed by atoms with E-state index < -0.39 is 5.97 Å². The van der Waals surface area contributed by atoms with Crippen molar-refractivity contribution in [2.75, 3.05) is 25.1 Å². The SMILES string of the molecule is COC(=O)CN1C(=O)c2cc(N3CCCC3=O)ccc2C1C. The summed E-state index contributed by atoms with van der Waals surface area (Å²) in [5.74, 6) is -0.547. The van der Waals surface area contributed by atoms with E-state index in [-0.39, 0.29) is 24.4 Å². The van der Waals surface area contributed by atoms with E-state index in [0.29, 0.717) is 18.5 Å². The molecule has 116 valence electrons. The fraction of sp³-hybridized carbons (Fsp3) is 0.438. The van der Waals surface area contributed by atoms with Crippen LogP contribution in [0, 0.1) is 0 Å². The number of carbonyl (C=O) groups is 3. The van der Waals surface area contributed by atoms with Crippen molar-refractivity contribution in [3.63, 3.8) is 0 Å². The lowest BCUT2D eigenvalue weighted by Gasteiger charge is -2.20. The second-order valence-electron chi connectivity index (χ2n) is 5.61. The van der Waals surface area contributed by atoms with Gasteiger partial charge in [-0.3, -0.25) is 14.4 Å². The second-order valence-corrected chi connectivity index (χ2v) is 5.61. The number of anilines is 1. The van der Waals surface area contributed by atoms with Gasteiger partial charge in [-0.2, -0.15) is 0 Å². The van der Waals surface area contributed by atoms with Crippen molar-refractivity contribution in [3.8, 4) is 0 Å². The number of carbonyl (C=O) groups excluding carboxylic acids is 3. The molecule has 1 unspecified atom stereocenters. The summed E-state index contributed by atoms with van der Waals surface area (Å²) in [6.45, 7) is 2.50. The first-order valence-electron chi connectivity index (χ1n) is 7.35. The normalized spacial score (nSPS) is 20.5. The van der Waals surface area contributed by atoms with Gasteiger partial charge in [0.25, 0.3) is 5.91 Å². The van der Waals surface area contributed by atoms with Gasteiger partial charge in [-0.1, -0.05) is 6.07 Å². The molecule has 22 heavy (non-hydrogen) atoms. The van der Waals surface area contributed by atoms with Gasteiger partial charge in [0, 0.05) is 24.2 Å². The maximum atomic E-state index is 12.5. The fourth-order valence-electron chi connectivity index (χ4n) is 3.09. The summed E-state index contributed by atoms with van der Waals surface area (Å²) in [4.78, 5) is 39.0. The van der Waals surface area contributed by atoms with Gasteiger partial charge >= 0.3 is 5.97 Å². The molecule has 2 heterocycles. The van der Waals surface area contributed by atoms with Gasteiger partial charge in [-0.05, 0) is 31.0 Å². The van der Waals surface area contributed by atoms with Crippen molar-refractivity contribution in [2.45, 2.75) is 25.8 Å². The molecular formula is C16H18N2O4. The van der Waals surface area contributed by atoms with Gasteiger partial charge in [-0.25, -0.2) is 0 Å². The third-order valence-electron chi connectivity index (χ3n) is 4.36. The summed E-state index contributed by atoms with van der Waals surface area (Å²) in [7, 11) is 1.30. The lowest BCUT2D eigenvalue weighted by molar-refractivity contribution is -0.141. The zero-order valence-electron chi connectivity index (χ0n) is 12.7. The van der Waals surface area contributed by atoms with E-state index in [9.17, 15) is 14.4 Å². The van der Waals surface area contributed by atoms with Crippen LogP contribution in [0.1, 0.15) is 41.7 Å². The summed E-state index contributed by atoms with van der Waals surface area (Å²) in [6, 6.07) is 5.32. The second kappa shape index (κ2) is 5.44. The third-order valence-corrected chi connectivity index (χ3v) is 4.36. The Morgan fingerprint density at radius 2 is 2.14 bits per heavy atom. The minimum atomic E-state index is -0.442. The van der Waals surface area contributed by atoms with Gasteiger partial charge in [-0.15, -0.1) is 0 Å². The highest BCUT2D eigenvalue weighted by molar-refractivity contribution is 6.03. The molecule has 0 bridgehead atoms. The first-order valence-corrected chi connectivity index (χ1v) is 7.35. The van der Waals surface area contributed by atoms with Crippen LogP contribution in [-0.2, 0) is 14.3 Å². The van der Waals surface area contributed by atoms with Crippen molar-refractivity contribution < 1.29 is 19.1 Å². The van der Waals surface area contributed by atoms with Gasteiger partial charge in [0.2, 0.25) is 5.91 Å². The minimum absolute atomic E-state index is 0.0663. The highest BCUT2D eigenvalue weighted by Gasteiger charge is 2.36. The number of hydrogen-bond acceptors (Lipinski definition) is 4. The highest BCUT2D eigenvalue weighted by Crippen LogP contribution is 2.36. The molecule has 3 rings (SSSR count). The third kappa shape index (κ3) is 2.24. The summed E-state index contributed by atoms with van der Waals surface area (Å²) >= 11 is 0. The Balaban J connectivity index is 1.90. The topological polar surface area (TPSA) is 66.9 Å². The quantitative estimate of drug-likeness (QED) is 0.794. The van der Waals surface area contributed by atoms with E-state index in [4.69, 9.17) is 0 Å². The molecule has 6 nitrogen and oxygen atoms in total. The van der Waals surface area contributed by atoms with Crippen LogP contribution >= 0.6 is 0 Å². The average molecular weight is 302 g/mol. The van der Waals surface area contributed by atoms with Crippen molar-refractivity contribution in [2.24, 2.45) is 0 Å². The number of benzene rings is 1. The van der Waals surface area contributed by atoms with Crippen molar-refractivity contribution in [1.29, 1.82) is 0 Å². The van der Waals surface area contributed by atoms with E-state index >= 15 is 0 Å². The van der Waals surface area contributed by atoms with Crippen molar-refractivity contribution in [3.05, 3.63) is 29.3 Å². The molecule has 2 aliphatic heterocycles. The Hall–Kier alpha value is -2.37. The molecule has 1 aromatic carbocycles. The Kier molecular flexibility index (Phi) is 3.60. The Labute approximate surface area is 128 Å². The highest BCUT2D eigenvalue weighted by atomic mass is 16.5. The van der Waals surface area contributed by atoms with Crippen LogP contribution in [-0.4, -0.2) is 42.9 Å². The molecule has 0 aromatic heterocycles. The Morgan fingerprint density at radius 1 is 1.36 bits per heavy atom. The van der Waals surface area contributed by atoms with Gasteiger partial charge in [0.05, 0.1) is 13.2 Å². The molecule has 0 radical (unpaired) electrons. The molecule has 1 saturated heterocycles. The fourth-order valence-corrected chi connectivity index (χ4v) is 3.09. The Bertz CT molecular complexity index is 656. The summed E-state index contributed by atoms with van der Waals surface area (Å²) in [5, 5.41) is 0. The van der Waals surface area contributed by atoms with Crippen LogP contribution in [0.4, 0.5) is 5.69 Å². The van der Waals surface area contributed by atoms with Gasteiger partial charge in [0.1, 0.15) is 6.54 Å². The number of fused-ring (bicyclic) bond motifs is 1. The van der Waals surface area contributed by atoms with Crippen LogP contribution in [0.3, 0.4) is 0 Å². The minimum Gasteiger partial charge on any atom is -0.468 e. The number of ether oxygens (including phenoxy) is 1. The average Bonchev–Trinajstić information content (AvgIpc) is 3.04. The lowest BCUT2D eigenvalue weighted by Crippen LogP contribution is -2.32. The zero-order valence-corrected chi connectivity index (χ0v) is 12.7. The summed E-state index contributed by atoms with van der Waals surface area (Å²) in [6.07, 6.45) is 1.39. The largest absolute Gasteiger partial charge is 0.468 e. The van der Waals surface area contributed by atoms with Crippen LogP contribution in [0.5, 0.6) is 0 Å². The maximum Gasteiger partial charge on any atom is 0.325 e. The number of rotatable bonds is 3. The van der Waals surface area contributed by atoms with Crippen molar-refractivity contribution >= 4 is 23.5 Å². The molecule has 1 aromatic rings. The monoisotopic (exact) mass is 302 g/mol. The van der Waals surface area contributed by atoms with Gasteiger partial charge in [0.15, 0.2) is 0 Å². The number of methoxy groups -OCH3 is 1. The van der Waals surface area contributed by atoms with E-state index in [1.165, 1.54) is 12.0 Å². The molecule has 0 saturated carbocycles. The number of hydrogen-bond donors (Lipinski definition) is 0. The van der Waals surface area contributed by atoms with E-state index in [0.717, 1.165) is 17.7 Å². The number of esters is 1. The Morgan fingerprint density at radius 3 is 2.77 bits per heavy atom. The van der Waals surface area contributed by atoms with Crippen molar-refractivity contribution in [1.82, 2.24) is 4.90 Å². The van der Waals surface area contributed by atoms with Gasteiger partial charge < -0.3 is 14.5 Å². The number of nitrogens with zero attached hydrogens (tertiary/aromatic N) is 2. The molecule has 6 heteroatoms. The van der Waals surface area contributed by atoms with Crippen LogP contribution in [0.15, 0.2) is 18.2 Å². The predicted molar refractivity (Wildman–Crippen MR) is 79.5 cm³/mol. The molecule has 2 aliphatic rings. The first-order chi connectivity index (χ1) is 10.5. The lowest BCUT2D eigenvalue weighted by atomic mass is 10.0. The standard InChI is InChI=1S/C16H18N2O4/c1-10-12-6-5-11(17-7-3-4-14(17)19)8-13(12)16(21)18(10)9-15(20)22-2/h5-6,8,10H,3-4,7,9H2,1-2H3. The summed E-state index contributed by atoms with van der Waals surface area (Å²) in [5.41, 5.74) is 2.19. The maximum absolute atomic E-state index is 12.5. The smallest absolute Gasteiger partial charge is 0.325 e. The number of amides is 2. The van der Waals surface area contributed by atoms with Crippen LogP contribution in [0.2, 0.25) is 0 Å². The zero-order chi connectivity index (χ0) is 15.9. The van der Waals surface area contributed by atoms with Crippen LogP contribution in [0.25, 0.3) is 0 Å². The van der Waals surface area contributed by atoms with Crippen LogP contribution < -0.4 is 4.90 Å². The molecule has 0 aliphatic carbocycles. The molecule has 0 N–H and O–H groups in total. The summed E-state index contributed by atoms with van der Waals surface area (Å²) < 4.78 is 4.64. The molecule has 2 amide bonds. The molecule has 0 spiro atoms. The molecule has 1 fully saturated rings. The molecular weight excluding hydrogens is 284 g/mol.